The van der Waals surface area contributed by atoms with E-state index in [0.29, 0.717) is 18.0 Å². The Kier molecular flexibility index (Phi) is 6.41. The second-order valence-electron chi connectivity index (χ2n) is 6.36. The number of hydrogen-bond acceptors (Lipinski definition) is 7. The van der Waals surface area contributed by atoms with Crippen molar-refractivity contribution in [2.45, 2.75) is 25.4 Å². The van der Waals surface area contributed by atoms with Crippen LogP contribution in [0.15, 0.2) is 29.6 Å². The average Bonchev–Trinajstić information content (AvgIpc) is 3.00. The number of aryl methyl sites for hydroxylation is 2. The molecule has 0 aliphatic heterocycles. The summed E-state index contributed by atoms with van der Waals surface area (Å²) in [4.78, 5) is 25.3. The summed E-state index contributed by atoms with van der Waals surface area (Å²) in [5.74, 6) is 1.77. The van der Waals surface area contributed by atoms with Gasteiger partial charge in [0.2, 0.25) is 5.91 Å². The summed E-state index contributed by atoms with van der Waals surface area (Å²) in [7, 11) is 5.02. The number of carbonyl (C=O) groups is 1. The second-order valence-corrected chi connectivity index (χ2v) is 8.53. The van der Waals surface area contributed by atoms with Crippen molar-refractivity contribution in [3.63, 3.8) is 0 Å². The molecule has 0 radical (unpaired) electrons. The Morgan fingerprint density at radius 1 is 1.21 bits per heavy atom. The lowest BCUT2D eigenvalue weighted by atomic mass is 10.2. The van der Waals surface area contributed by atoms with E-state index in [2.05, 4.69) is 23.8 Å². The van der Waals surface area contributed by atoms with Gasteiger partial charge in [-0.05, 0) is 31.5 Å². The number of hydrogen-bond donors (Lipinski definition) is 0. The minimum absolute atomic E-state index is 0.0271. The third-order valence-electron chi connectivity index (χ3n) is 4.59. The monoisotopic (exact) mass is 417 g/mol. The van der Waals surface area contributed by atoms with Crippen molar-refractivity contribution in [3.05, 3.63) is 40.5 Å². The Bertz CT molecular complexity index is 1000. The Hall–Kier alpha value is -2.32. The van der Waals surface area contributed by atoms with E-state index in [4.69, 9.17) is 9.47 Å². The molecule has 3 aromatic rings. The quantitative estimate of drug-likeness (QED) is 0.426. The van der Waals surface area contributed by atoms with E-state index in [1.165, 1.54) is 22.2 Å². The van der Waals surface area contributed by atoms with Crippen molar-refractivity contribution < 1.29 is 14.3 Å². The summed E-state index contributed by atoms with van der Waals surface area (Å²) in [6.45, 7) is 4.62. The van der Waals surface area contributed by atoms with Crippen LogP contribution >= 0.6 is 23.1 Å². The van der Waals surface area contributed by atoms with Gasteiger partial charge in [-0.25, -0.2) is 9.97 Å². The van der Waals surface area contributed by atoms with Gasteiger partial charge in [0.25, 0.3) is 0 Å². The van der Waals surface area contributed by atoms with Crippen LogP contribution in [-0.4, -0.2) is 47.8 Å². The van der Waals surface area contributed by atoms with Gasteiger partial charge in [0.1, 0.15) is 27.7 Å². The molecule has 0 saturated carbocycles. The number of carbonyl (C=O) groups excluding carboxylic acids is 1. The largest absolute Gasteiger partial charge is 0.497 e. The zero-order valence-corrected chi connectivity index (χ0v) is 18.2. The summed E-state index contributed by atoms with van der Waals surface area (Å²) in [6.07, 6.45) is 1.57. The van der Waals surface area contributed by atoms with Crippen LogP contribution in [0.25, 0.3) is 10.2 Å². The number of amides is 1. The molecule has 0 atom stereocenters. The number of aromatic nitrogens is 2. The third kappa shape index (κ3) is 4.23. The van der Waals surface area contributed by atoms with Crippen molar-refractivity contribution in [2.24, 2.45) is 0 Å². The summed E-state index contributed by atoms with van der Waals surface area (Å²) >= 11 is 3.11. The van der Waals surface area contributed by atoms with Gasteiger partial charge in [-0.2, -0.15) is 0 Å². The van der Waals surface area contributed by atoms with Crippen LogP contribution in [-0.2, 0) is 11.3 Å². The fourth-order valence-electron chi connectivity index (χ4n) is 2.83. The number of methoxy groups -OCH3 is 2. The molecule has 28 heavy (non-hydrogen) atoms. The van der Waals surface area contributed by atoms with Crippen LogP contribution in [0.1, 0.15) is 16.0 Å². The molecule has 0 unspecified atom stereocenters. The standard InChI is InChI=1S/C20H23N3O3S2/c1-12-13(2)28-20-18(12)19(21-11-22-20)27-10-17(24)23(3)9-14-6-7-15(25-4)8-16(14)26-5/h6-8,11H,9-10H2,1-5H3. The SMILES string of the molecule is COc1ccc(CN(C)C(=O)CSc2ncnc3sc(C)c(C)c23)c(OC)c1. The van der Waals surface area contributed by atoms with E-state index < -0.39 is 0 Å². The molecule has 148 valence electrons. The molecule has 2 aromatic heterocycles. The summed E-state index contributed by atoms with van der Waals surface area (Å²) in [6, 6.07) is 5.60. The van der Waals surface area contributed by atoms with E-state index in [-0.39, 0.29) is 5.91 Å². The van der Waals surface area contributed by atoms with E-state index in [1.807, 2.05) is 18.2 Å². The van der Waals surface area contributed by atoms with Crippen LogP contribution < -0.4 is 9.47 Å². The van der Waals surface area contributed by atoms with Crippen molar-refractivity contribution in [2.75, 3.05) is 27.0 Å². The number of benzene rings is 1. The number of ether oxygens (including phenoxy) is 2. The van der Waals surface area contributed by atoms with Gasteiger partial charge < -0.3 is 14.4 Å². The first-order valence-corrected chi connectivity index (χ1v) is 10.5. The third-order valence-corrected chi connectivity index (χ3v) is 6.68. The molecule has 2 heterocycles. The highest BCUT2D eigenvalue weighted by Crippen LogP contribution is 2.34. The van der Waals surface area contributed by atoms with Crippen LogP contribution in [0.2, 0.25) is 0 Å². The number of fused-ring (bicyclic) bond motifs is 1. The molecule has 0 N–H and O–H groups in total. The molecule has 0 saturated heterocycles. The van der Waals surface area contributed by atoms with Gasteiger partial charge >= 0.3 is 0 Å². The molecule has 8 heteroatoms. The lowest BCUT2D eigenvalue weighted by Gasteiger charge is -2.19. The van der Waals surface area contributed by atoms with E-state index in [0.717, 1.165) is 26.6 Å². The van der Waals surface area contributed by atoms with E-state index >= 15 is 0 Å². The van der Waals surface area contributed by atoms with E-state index in [9.17, 15) is 4.79 Å². The van der Waals surface area contributed by atoms with Gasteiger partial charge in [-0.3, -0.25) is 4.79 Å². The number of rotatable bonds is 7. The van der Waals surface area contributed by atoms with Gasteiger partial charge in [0, 0.05) is 35.5 Å². The first-order valence-electron chi connectivity index (χ1n) is 8.73. The number of thiophene rings is 1. The second kappa shape index (κ2) is 8.79. The highest BCUT2D eigenvalue weighted by Gasteiger charge is 2.16. The van der Waals surface area contributed by atoms with Crippen LogP contribution in [0.4, 0.5) is 0 Å². The van der Waals surface area contributed by atoms with E-state index in [1.54, 1.807) is 43.8 Å². The first kappa shape index (κ1) is 20.4. The molecule has 0 fully saturated rings. The fourth-order valence-corrected chi connectivity index (χ4v) is 4.88. The maximum atomic E-state index is 12.7. The van der Waals surface area contributed by atoms with Crippen molar-refractivity contribution in [1.29, 1.82) is 0 Å². The molecule has 1 amide bonds. The maximum absolute atomic E-state index is 12.7. The molecular weight excluding hydrogens is 394 g/mol. The van der Waals surface area contributed by atoms with Gasteiger partial charge in [0.15, 0.2) is 0 Å². The number of thioether (sulfide) groups is 1. The van der Waals surface area contributed by atoms with Gasteiger partial charge in [-0.15, -0.1) is 11.3 Å². The van der Waals surface area contributed by atoms with Crippen molar-refractivity contribution in [3.8, 4) is 11.5 Å². The molecule has 0 bridgehead atoms. The smallest absolute Gasteiger partial charge is 0.233 e. The molecule has 6 nitrogen and oxygen atoms in total. The van der Waals surface area contributed by atoms with Crippen LogP contribution in [0.3, 0.4) is 0 Å². The summed E-state index contributed by atoms with van der Waals surface area (Å²) in [5, 5.41) is 1.91. The highest BCUT2D eigenvalue weighted by molar-refractivity contribution is 8.00. The zero-order valence-electron chi connectivity index (χ0n) is 16.6. The Morgan fingerprint density at radius 2 is 2.00 bits per heavy atom. The lowest BCUT2D eigenvalue weighted by Crippen LogP contribution is -2.28. The molecule has 0 aliphatic carbocycles. The van der Waals surface area contributed by atoms with Crippen LogP contribution in [0.5, 0.6) is 11.5 Å². The first-order chi connectivity index (χ1) is 13.4. The lowest BCUT2D eigenvalue weighted by molar-refractivity contribution is -0.127. The normalized spacial score (nSPS) is 10.9. The Morgan fingerprint density at radius 3 is 2.71 bits per heavy atom. The van der Waals surface area contributed by atoms with Gasteiger partial charge in [0.05, 0.1) is 20.0 Å². The molecule has 0 aliphatic rings. The highest BCUT2D eigenvalue weighted by atomic mass is 32.2. The minimum atomic E-state index is 0.0271. The minimum Gasteiger partial charge on any atom is -0.497 e. The summed E-state index contributed by atoms with van der Waals surface area (Å²) in [5.41, 5.74) is 2.12. The predicted molar refractivity (Wildman–Crippen MR) is 114 cm³/mol. The molecule has 0 spiro atoms. The number of nitrogens with zero attached hydrogens (tertiary/aromatic N) is 3. The van der Waals surface area contributed by atoms with Crippen LogP contribution in [0, 0.1) is 13.8 Å². The van der Waals surface area contributed by atoms with Crippen molar-refractivity contribution >= 4 is 39.2 Å². The van der Waals surface area contributed by atoms with Gasteiger partial charge in [-0.1, -0.05) is 11.8 Å². The Labute approximate surface area is 172 Å². The topological polar surface area (TPSA) is 64.5 Å². The van der Waals surface area contributed by atoms with Crippen molar-refractivity contribution in [1.82, 2.24) is 14.9 Å². The summed E-state index contributed by atoms with van der Waals surface area (Å²) < 4.78 is 10.6. The predicted octanol–water partition coefficient (Wildman–Crippen LogP) is 4.08. The average molecular weight is 418 g/mol. The fraction of sp³-hybridized carbons (Fsp3) is 0.350. The molecular formula is C20H23N3O3S2. The molecule has 3 rings (SSSR count). The molecule has 1 aromatic carbocycles. The maximum Gasteiger partial charge on any atom is 0.233 e. The zero-order chi connectivity index (χ0) is 20.3. The Balaban J connectivity index is 1.69.